The highest BCUT2D eigenvalue weighted by Crippen LogP contribution is 2.43. The number of aromatic nitrogens is 3. The van der Waals surface area contributed by atoms with Crippen molar-refractivity contribution >= 4 is 87.4 Å². The zero-order valence-corrected chi connectivity index (χ0v) is 34.6. The fourth-order valence-electron chi connectivity index (χ4n) is 10.6. The first-order valence-corrected chi connectivity index (χ1v) is 21.9. The van der Waals surface area contributed by atoms with Crippen molar-refractivity contribution in [1.29, 1.82) is 0 Å². The summed E-state index contributed by atoms with van der Waals surface area (Å²) in [4.78, 5) is 0. The second kappa shape index (κ2) is 13.4. The summed E-state index contributed by atoms with van der Waals surface area (Å²) in [6, 6.07) is 81.5. The molecular weight excluding hydrogens is 779 g/mol. The Bertz CT molecular complexity index is 3970. The normalized spacial score (nSPS) is 12.1. The van der Waals surface area contributed by atoms with Crippen molar-refractivity contribution in [3.05, 3.63) is 224 Å². The second-order valence-electron chi connectivity index (χ2n) is 16.9. The summed E-state index contributed by atoms with van der Waals surface area (Å²) < 4.78 is 13.9. The lowest BCUT2D eigenvalue weighted by atomic mass is 9.99. The van der Waals surface area contributed by atoms with Gasteiger partial charge in [-0.2, -0.15) is 0 Å². The Morgan fingerprint density at radius 1 is 0.250 bits per heavy atom. The molecule has 10 aromatic carbocycles. The molecule has 0 atom stereocenters. The summed E-state index contributed by atoms with van der Waals surface area (Å²) in [5.41, 5.74) is 16.8. The van der Waals surface area contributed by atoms with Gasteiger partial charge < -0.3 is 18.1 Å². The Morgan fingerprint density at radius 2 is 0.672 bits per heavy atom. The van der Waals surface area contributed by atoms with E-state index in [2.05, 4.69) is 232 Å². The smallest absolute Gasteiger partial charge is 0.159 e. The van der Waals surface area contributed by atoms with E-state index in [1.54, 1.807) is 0 Å². The third kappa shape index (κ3) is 5.05. The number of rotatable bonds is 5. The lowest BCUT2D eigenvalue weighted by Gasteiger charge is -2.10. The first-order chi connectivity index (χ1) is 31.7. The molecule has 14 rings (SSSR count). The van der Waals surface area contributed by atoms with Crippen LogP contribution in [0.4, 0.5) is 0 Å². The lowest BCUT2D eigenvalue weighted by Crippen LogP contribution is -1.94. The van der Waals surface area contributed by atoms with Crippen LogP contribution in [-0.2, 0) is 0 Å². The predicted molar refractivity (Wildman–Crippen MR) is 268 cm³/mol. The Labute approximate surface area is 367 Å². The molecular formula is C60H37N3O. The Balaban J connectivity index is 1.01. The van der Waals surface area contributed by atoms with Crippen molar-refractivity contribution in [2.24, 2.45) is 0 Å². The minimum Gasteiger partial charge on any atom is -0.454 e. The van der Waals surface area contributed by atoms with Gasteiger partial charge in [0.1, 0.15) is 5.58 Å². The van der Waals surface area contributed by atoms with Crippen molar-refractivity contribution < 1.29 is 4.42 Å². The quantitative estimate of drug-likeness (QED) is 0.170. The van der Waals surface area contributed by atoms with E-state index in [0.717, 1.165) is 50.0 Å². The van der Waals surface area contributed by atoms with E-state index < -0.39 is 0 Å². The number of para-hydroxylation sites is 6. The topological polar surface area (TPSA) is 27.9 Å². The van der Waals surface area contributed by atoms with Gasteiger partial charge in [0.05, 0.1) is 38.8 Å². The van der Waals surface area contributed by atoms with Gasteiger partial charge in [-0.3, -0.25) is 0 Å². The van der Waals surface area contributed by atoms with E-state index in [4.69, 9.17) is 4.42 Å². The summed E-state index contributed by atoms with van der Waals surface area (Å²) >= 11 is 0. The van der Waals surface area contributed by atoms with Gasteiger partial charge in [0.25, 0.3) is 0 Å². The Morgan fingerprint density at radius 3 is 1.23 bits per heavy atom. The van der Waals surface area contributed by atoms with Gasteiger partial charge in [0.2, 0.25) is 0 Å². The summed E-state index contributed by atoms with van der Waals surface area (Å²) in [6.45, 7) is 0. The molecule has 0 fully saturated rings. The van der Waals surface area contributed by atoms with Crippen molar-refractivity contribution in [3.8, 4) is 39.3 Å². The molecule has 0 unspecified atom stereocenters. The molecule has 0 saturated heterocycles. The number of furan rings is 1. The van der Waals surface area contributed by atoms with Crippen LogP contribution in [-0.4, -0.2) is 13.7 Å². The van der Waals surface area contributed by atoms with E-state index in [-0.39, 0.29) is 0 Å². The summed E-state index contributed by atoms with van der Waals surface area (Å²) in [7, 11) is 0. The van der Waals surface area contributed by atoms with Crippen molar-refractivity contribution in [1.82, 2.24) is 13.7 Å². The summed E-state index contributed by atoms with van der Waals surface area (Å²) in [6.07, 6.45) is 0. The zero-order valence-electron chi connectivity index (χ0n) is 34.6. The van der Waals surface area contributed by atoms with Gasteiger partial charge in [-0.15, -0.1) is 0 Å². The fraction of sp³-hybridized carbons (Fsp3) is 0. The molecule has 64 heavy (non-hydrogen) atoms. The first kappa shape index (κ1) is 35.0. The van der Waals surface area contributed by atoms with Crippen molar-refractivity contribution in [3.63, 3.8) is 0 Å². The van der Waals surface area contributed by atoms with Crippen LogP contribution in [0.15, 0.2) is 229 Å². The van der Waals surface area contributed by atoms with E-state index in [1.165, 1.54) is 76.6 Å². The first-order valence-electron chi connectivity index (χ1n) is 21.9. The number of benzene rings is 10. The summed E-state index contributed by atoms with van der Waals surface area (Å²) in [5.74, 6) is 0. The maximum atomic E-state index is 6.69. The molecule has 0 aliphatic carbocycles. The highest BCUT2D eigenvalue weighted by molar-refractivity contribution is 6.16. The monoisotopic (exact) mass is 815 g/mol. The average molecular weight is 816 g/mol. The van der Waals surface area contributed by atoms with Crippen molar-refractivity contribution in [2.45, 2.75) is 0 Å². The Kier molecular flexibility index (Phi) is 7.36. The van der Waals surface area contributed by atoms with Crippen LogP contribution in [0, 0.1) is 0 Å². The van der Waals surface area contributed by atoms with E-state index in [9.17, 15) is 0 Å². The van der Waals surface area contributed by atoms with Gasteiger partial charge in [-0.1, -0.05) is 140 Å². The van der Waals surface area contributed by atoms with Gasteiger partial charge in [0, 0.05) is 54.5 Å². The molecule has 14 aromatic rings. The van der Waals surface area contributed by atoms with E-state index >= 15 is 0 Å². The molecule has 298 valence electrons. The third-order valence-electron chi connectivity index (χ3n) is 13.4. The Hall–Kier alpha value is -8.60. The molecule has 0 aliphatic rings. The second-order valence-corrected chi connectivity index (χ2v) is 16.9. The van der Waals surface area contributed by atoms with Gasteiger partial charge >= 0.3 is 0 Å². The SMILES string of the molecule is c1ccc(-n2c3ccccc3c3ccc(-c4ccc5c(c4)c4cc(-c6ccc7c8ccccc8n(-c8ccccc8)c7c6)ccc4n5-c4cccc5c4oc4ccccc45)cc32)cc1. The number of fused-ring (bicyclic) bond motifs is 12. The highest BCUT2D eigenvalue weighted by Gasteiger charge is 2.21. The van der Waals surface area contributed by atoms with Gasteiger partial charge in [0.15, 0.2) is 5.58 Å². The zero-order chi connectivity index (χ0) is 41.9. The van der Waals surface area contributed by atoms with Crippen LogP contribution in [0.25, 0.3) is 127 Å². The van der Waals surface area contributed by atoms with Crippen LogP contribution in [0.3, 0.4) is 0 Å². The molecule has 4 heteroatoms. The molecule has 0 bridgehead atoms. The third-order valence-corrected chi connectivity index (χ3v) is 13.4. The molecule has 0 amide bonds. The standard InChI is InChI=1S/C60H37N3O/c1-3-14-42(15-4-1)61-52-22-10-7-18-44(52)46-30-26-40(36-57(46)61)38-28-32-54-50(34-38)51-35-39(29-33-55(51)63(54)56-24-13-21-49-48-20-9-12-25-59(48)64-60(49)56)41-27-31-47-45-19-8-11-23-53(45)62(58(47)37-41)43-16-5-2-6-17-43/h1-37H. The summed E-state index contributed by atoms with van der Waals surface area (Å²) in [5, 5.41) is 9.59. The molecule has 4 nitrogen and oxygen atoms in total. The van der Waals surface area contributed by atoms with E-state index in [1.807, 2.05) is 6.07 Å². The van der Waals surface area contributed by atoms with Crippen LogP contribution < -0.4 is 0 Å². The molecule has 0 N–H and O–H groups in total. The minimum atomic E-state index is 0.883. The molecule has 4 aromatic heterocycles. The van der Waals surface area contributed by atoms with E-state index in [0.29, 0.717) is 0 Å². The molecule has 0 spiro atoms. The van der Waals surface area contributed by atoms with Crippen LogP contribution in [0.2, 0.25) is 0 Å². The maximum absolute atomic E-state index is 6.69. The van der Waals surface area contributed by atoms with Gasteiger partial charge in [-0.25, -0.2) is 0 Å². The number of hydrogen-bond donors (Lipinski definition) is 0. The van der Waals surface area contributed by atoms with Crippen LogP contribution in [0.1, 0.15) is 0 Å². The fourth-order valence-corrected chi connectivity index (χ4v) is 10.6. The molecule has 4 heterocycles. The minimum absolute atomic E-state index is 0.883. The van der Waals surface area contributed by atoms with Crippen LogP contribution >= 0.6 is 0 Å². The van der Waals surface area contributed by atoms with Crippen LogP contribution in [0.5, 0.6) is 0 Å². The molecule has 0 aliphatic heterocycles. The maximum Gasteiger partial charge on any atom is 0.159 e. The number of hydrogen-bond acceptors (Lipinski definition) is 1. The van der Waals surface area contributed by atoms with Crippen molar-refractivity contribution in [2.75, 3.05) is 0 Å². The molecule has 0 saturated carbocycles. The number of nitrogens with zero attached hydrogens (tertiary/aromatic N) is 3. The average Bonchev–Trinajstić information content (AvgIpc) is 4.10. The largest absolute Gasteiger partial charge is 0.454 e. The predicted octanol–water partition coefficient (Wildman–Crippen LogP) is 16.2. The lowest BCUT2D eigenvalue weighted by molar-refractivity contribution is 0.666. The van der Waals surface area contributed by atoms with Gasteiger partial charge in [-0.05, 0) is 107 Å². The molecule has 0 radical (unpaired) electrons. The highest BCUT2D eigenvalue weighted by atomic mass is 16.3.